The summed E-state index contributed by atoms with van der Waals surface area (Å²) in [5.41, 5.74) is 0. The fourth-order valence-corrected chi connectivity index (χ4v) is 3.17. The molecule has 2 fully saturated rings. The van der Waals surface area contributed by atoms with Crippen LogP contribution in [0.2, 0.25) is 0 Å². The molecule has 3 rings (SSSR count). The highest BCUT2D eigenvalue weighted by Crippen LogP contribution is 2.29. The number of aliphatic hydroxyl groups excluding tert-OH is 5. The lowest BCUT2D eigenvalue weighted by Crippen LogP contribution is -2.62. The molecule has 9 atom stereocenters. The Morgan fingerprint density at radius 3 is 2.33 bits per heavy atom. The molecule has 0 bridgehead atoms. The molecule has 0 aliphatic carbocycles. The Hall–Kier alpha value is -1.30. The zero-order valence-corrected chi connectivity index (χ0v) is 14.9. The quantitative estimate of drug-likeness (QED) is 0.420. The Morgan fingerprint density at radius 1 is 0.963 bits per heavy atom. The summed E-state index contributed by atoms with van der Waals surface area (Å²) in [7, 11) is 0. The number of benzene rings is 1. The molecule has 9 heteroatoms. The van der Waals surface area contributed by atoms with Gasteiger partial charge in [0.25, 0.3) is 0 Å². The monoisotopic (exact) mass is 386 g/mol. The van der Waals surface area contributed by atoms with Crippen LogP contribution in [0.15, 0.2) is 30.3 Å². The van der Waals surface area contributed by atoms with Gasteiger partial charge in [0.15, 0.2) is 6.29 Å². The van der Waals surface area contributed by atoms with Crippen molar-refractivity contribution in [2.24, 2.45) is 0 Å². The molecule has 9 unspecified atom stereocenters. The molecular formula is C18H26O9. The third kappa shape index (κ3) is 4.58. The highest BCUT2D eigenvalue weighted by molar-refractivity contribution is 5.21. The van der Waals surface area contributed by atoms with Crippen LogP contribution < -0.4 is 4.74 Å². The summed E-state index contributed by atoms with van der Waals surface area (Å²) < 4.78 is 22.2. The minimum absolute atomic E-state index is 0.0432. The van der Waals surface area contributed by atoms with Gasteiger partial charge in [-0.05, 0) is 19.1 Å². The van der Waals surface area contributed by atoms with Crippen LogP contribution in [0, 0.1) is 0 Å². The zero-order chi connectivity index (χ0) is 19.6. The fourth-order valence-electron chi connectivity index (χ4n) is 3.17. The van der Waals surface area contributed by atoms with E-state index in [4.69, 9.17) is 18.9 Å². The molecule has 2 heterocycles. The second-order valence-electron chi connectivity index (χ2n) is 6.82. The maximum Gasteiger partial charge on any atom is 0.229 e. The molecule has 0 saturated carbocycles. The Labute approximate surface area is 156 Å². The van der Waals surface area contributed by atoms with E-state index in [2.05, 4.69) is 0 Å². The third-order valence-corrected chi connectivity index (χ3v) is 4.80. The van der Waals surface area contributed by atoms with Gasteiger partial charge < -0.3 is 44.5 Å². The number of hydrogen-bond acceptors (Lipinski definition) is 9. The average molecular weight is 386 g/mol. The average Bonchev–Trinajstić information content (AvgIpc) is 2.66. The lowest BCUT2D eigenvalue weighted by Gasteiger charge is -2.44. The highest BCUT2D eigenvalue weighted by atomic mass is 16.7. The van der Waals surface area contributed by atoms with Crippen molar-refractivity contribution in [3.8, 4) is 5.75 Å². The molecule has 1 aromatic carbocycles. The highest BCUT2D eigenvalue weighted by Gasteiger charge is 2.48. The lowest BCUT2D eigenvalue weighted by atomic mass is 9.98. The van der Waals surface area contributed by atoms with Gasteiger partial charge in [0, 0.05) is 6.42 Å². The van der Waals surface area contributed by atoms with E-state index in [0.717, 1.165) is 0 Å². The zero-order valence-electron chi connectivity index (χ0n) is 14.9. The first kappa shape index (κ1) is 20.4. The Bertz CT molecular complexity index is 583. The van der Waals surface area contributed by atoms with Crippen LogP contribution in [-0.2, 0) is 14.2 Å². The molecule has 5 N–H and O–H groups in total. The van der Waals surface area contributed by atoms with Crippen molar-refractivity contribution in [1.82, 2.24) is 0 Å². The normalized spacial score (nSPS) is 42.7. The van der Waals surface area contributed by atoms with Gasteiger partial charge in [-0.2, -0.15) is 0 Å². The predicted molar refractivity (Wildman–Crippen MR) is 90.7 cm³/mol. The molecular weight excluding hydrogens is 360 g/mol. The van der Waals surface area contributed by atoms with E-state index >= 15 is 0 Å². The number of aliphatic hydroxyl groups is 5. The number of ether oxygens (including phenoxy) is 4. The van der Waals surface area contributed by atoms with Crippen molar-refractivity contribution in [3.63, 3.8) is 0 Å². The summed E-state index contributed by atoms with van der Waals surface area (Å²) in [4.78, 5) is 0. The van der Waals surface area contributed by atoms with E-state index in [1.807, 2.05) is 0 Å². The molecule has 2 saturated heterocycles. The minimum atomic E-state index is -1.46. The van der Waals surface area contributed by atoms with Crippen LogP contribution >= 0.6 is 0 Å². The lowest BCUT2D eigenvalue weighted by molar-refractivity contribution is -0.337. The fraction of sp³-hybridized carbons (Fsp3) is 0.667. The molecule has 1 aromatic rings. The second kappa shape index (κ2) is 8.80. The summed E-state index contributed by atoms with van der Waals surface area (Å²) >= 11 is 0. The van der Waals surface area contributed by atoms with Crippen LogP contribution in [0.1, 0.15) is 13.3 Å². The van der Waals surface area contributed by atoms with Gasteiger partial charge in [-0.15, -0.1) is 0 Å². The first-order chi connectivity index (χ1) is 12.9. The first-order valence-electron chi connectivity index (χ1n) is 8.92. The van der Waals surface area contributed by atoms with Gasteiger partial charge in [-0.3, -0.25) is 0 Å². The maximum absolute atomic E-state index is 10.5. The van der Waals surface area contributed by atoms with Crippen LogP contribution in [-0.4, -0.2) is 87.4 Å². The Kier molecular flexibility index (Phi) is 6.66. The van der Waals surface area contributed by atoms with E-state index in [-0.39, 0.29) is 6.42 Å². The molecule has 0 aromatic heterocycles. The molecule has 2 aliphatic heterocycles. The molecule has 152 valence electrons. The van der Waals surface area contributed by atoms with Crippen molar-refractivity contribution in [2.75, 3.05) is 6.61 Å². The van der Waals surface area contributed by atoms with Gasteiger partial charge >= 0.3 is 0 Å². The number of hydrogen-bond donors (Lipinski definition) is 5. The number of rotatable bonds is 5. The van der Waals surface area contributed by atoms with Crippen molar-refractivity contribution in [3.05, 3.63) is 30.3 Å². The Balaban J connectivity index is 1.68. The summed E-state index contributed by atoms with van der Waals surface area (Å²) in [6.45, 7) is 1.12. The van der Waals surface area contributed by atoms with Crippen molar-refractivity contribution in [2.45, 2.75) is 68.7 Å². The molecule has 0 spiro atoms. The van der Waals surface area contributed by atoms with Gasteiger partial charge in [-0.25, -0.2) is 0 Å². The molecule has 0 radical (unpaired) electrons. The van der Waals surface area contributed by atoms with Gasteiger partial charge in [0.2, 0.25) is 6.29 Å². The smallest absolute Gasteiger partial charge is 0.229 e. The molecule has 9 nitrogen and oxygen atoms in total. The summed E-state index contributed by atoms with van der Waals surface area (Å²) in [6.07, 6.45) is -9.94. The SMILES string of the molecule is CC1OC(OC2C(CO)OC(Oc3ccccc3)C(O)C2O)C(O)CC1O. The molecule has 27 heavy (non-hydrogen) atoms. The topological polar surface area (TPSA) is 138 Å². The van der Waals surface area contributed by atoms with E-state index in [9.17, 15) is 25.5 Å². The van der Waals surface area contributed by atoms with Crippen molar-refractivity contribution < 1.29 is 44.5 Å². The third-order valence-electron chi connectivity index (χ3n) is 4.80. The minimum Gasteiger partial charge on any atom is -0.462 e. The largest absolute Gasteiger partial charge is 0.462 e. The molecule has 0 amide bonds. The van der Waals surface area contributed by atoms with E-state index < -0.39 is 61.9 Å². The Morgan fingerprint density at radius 2 is 1.67 bits per heavy atom. The van der Waals surface area contributed by atoms with E-state index in [1.54, 1.807) is 37.3 Å². The van der Waals surface area contributed by atoms with Crippen LogP contribution in [0.4, 0.5) is 0 Å². The van der Waals surface area contributed by atoms with Crippen LogP contribution in [0.25, 0.3) is 0 Å². The maximum atomic E-state index is 10.5. The van der Waals surface area contributed by atoms with Crippen LogP contribution in [0.3, 0.4) is 0 Å². The van der Waals surface area contributed by atoms with E-state index in [0.29, 0.717) is 5.75 Å². The summed E-state index contributed by atoms with van der Waals surface area (Å²) in [6, 6.07) is 8.62. The molecule has 2 aliphatic rings. The summed E-state index contributed by atoms with van der Waals surface area (Å²) in [5.74, 6) is 0.429. The predicted octanol–water partition coefficient (Wildman–Crippen LogP) is -1.25. The summed E-state index contributed by atoms with van der Waals surface area (Å²) in [5, 5.41) is 50.3. The standard InChI is InChI=1S/C18H26O9/c1-9-11(20)7-12(21)17(24-9)27-16-13(8-19)26-18(15(23)14(16)22)25-10-5-3-2-4-6-10/h2-6,9,11-23H,7-8H2,1H3. The van der Waals surface area contributed by atoms with Gasteiger partial charge in [0.1, 0.15) is 36.3 Å². The second-order valence-corrected chi connectivity index (χ2v) is 6.82. The van der Waals surface area contributed by atoms with Gasteiger partial charge in [0.05, 0.1) is 18.8 Å². The number of para-hydroxylation sites is 1. The first-order valence-corrected chi connectivity index (χ1v) is 8.92. The van der Waals surface area contributed by atoms with Crippen molar-refractivity contribution in [1.29, 1.82) is 0 Å². The van der Waals surface area contributed by atoms with Crippen LogP contribution in [0.5, 0.6) is 5.75 Å². The van der Waals surface area contributed by atoms with Gasteiger partial charge in [-0.1, -0.05) is 18.2 Å². The van der Waals surface area contributed by atoms with Crippen molar-refractivity contribution >= 4 is 0 Å². The van der Waals surface area contributed by atoms with E-state index in [1.165, 1.54) is 0 Å².